The van der Waals surface area contributed by atoms with Crippen molar-refractivity contribution < 1.29 is 9.18 Å². The zero-order valence-corrected chi connectivity index (χ0v) is 9.90. The van der Waals surface area contributed by atoms with Crippen LogP contribution < -0.4 is 0 Å². The van der Waals surface area contributed by atoms with E-state index in [1.165, 1.54) is 18.3 Å². The Morgan fingerprint density at radius 2 is 2.19 bits per heavy atom. The number of hydrogen-bond acceptors (Lipinski definition) is 2. The molecule has 0 aliphatic rings. The first-order valence-corrected chi connectivity index (χ1v) is 5.48. The first-order valence-electron chi connectivity index (χ1n) is 5.48. The second-order valence-electron chi connectivity index (χ2n) is 3.96. The molecule has 0 saturated heterocycles. The molecule has 1 aromatic heterocycles. The molecule has 16 heavy (non-hydrogen) atoms. The third-order valence-electron chi connectivity index (χ3n) is 2.32. The molecule has 0 N–H and O–H groups in total. The smallest absolute Gasteiger partial charge is 0.255 e. The summed E-state index contributed by atoms with van der Waals surface area (Å²) in [4.78, 5) is 17.3. The number of carbonyl (C=O) groups excluding carboxylic acids is 1. The van der Waals surface area contributed by atoms with E-state index in [9.17, 15) is 9.18 Å². The van der Waals surface area contributed by atoms with Gasteiger partial charge in [0, 0.05) is 18.8 Å². The maximum Gasteiger partial charge on any atom is 0.255 e. The van der Waals surface area contributed by atoms with Crippen LogP contribution in [0, 0.1) is 5.95 Å². The number of nitrogens with zero attached hydrogens (tertiary/aromatic N) is 2. The standard InChI is InChI=1S/C12H17FN2O/c1-4-7-15(9(2)3)12(16)10-5-6-11(13)14-8-10/h5-6,8-9H,4,7H2,1-3H3. The lowest BCUT2D eigenvalue weighted by Crippen LogP contribution is -2.37. The van der Waals surface area contributed by atoms with Gasteiger partial charge in [-0.25, -0.2) is 4.98 Å². The van der Waals surface area contributed by atoms with E-state index in [0.717, 1.165) is 6.42 Å². The zero-order chi connectivity index (χ0) is 12.1. The van der Waals surface area contributed by atoms with Crippen molar-refractivity contribution in [3.8, 4) is 0 Å². The van der Waals surface area contributed by atoms with Gasteiger partial charge in [-0.15, -0.1) is 0 Å². The Kier molecular flexibility index (Phi) is 4.40. The van der Waals surface area contributed by atoms with Gasteiger partial charge in [0.2, 0.25) is 5.95 Å². The molecule has 1 heterocycles. The van der Waals surface area contributed by atoms with Crippen LogP contribution in [0.3, 0.4) is 0 Å². The Balaban J connectivity index is 2.86. The largest absolute Gasteiger partial charge is 0.336 e. The molecular formula is C12H17FN2O. The minimum absolute atomic E-state index is 0.0932. The highest BCUT2D eigenvalue weighted by molar-refractivity contribution is 5.94. The molecule has 0 bridgehead atoms. The Hall–Kier alpha value is -1.45. The summed E-state index contributed by atoms with van der Waals surface area (Å²) in [6.07, 6.45) is 2.18. The third-order valence-corrected chi connectivity index (χ3v) is 2.32. The van der Waals surface area contributed by atoms with E-state index >= 15 is 0 Å². The number of carbonyl (C=O) groups is 1. The van der Waals surface area contributed by atoms with E-state index in [1.54, 1.807) is 4.90 Å². The molecule has 0 spiro atoms. The van der Waals surface area contributed by atoms with Gasteiger partial charge in [-0.05, 0) is 32.4 Å². The molecule has 0 unspecified atom stereocenters. The zero-order valence-electron chi connectivity index (χ0n) is 9.90. The van der Waals surface area contributed by atoms with Crippen LogP contribution >= 0.6 is 0 Å². The molecule has 0 saturated carbocycles. The molecule has 0 aliphatic heterocycles. The number of aromatic nitrogens is 1. The van der Waals surface area contributed by atoms with Crippen molar-refractivity contribution in [1.29, 1.82) is 0 Å². The molecule has 1 amide bonds. The van der Waals surface area contributed by atoms with E-state index in [2.05, 4.69) is 4.98 Å². The van der Waals surface area contributed by atoms with E-state index in [4.69, 9.17) is 0 Å². The molecular weight excluding hydrogens is 207 g/mol. The lowest BCUT2D eigenvalue weighted by atomic mass is 10.2. The van der Waals surface area contributed by atoms with Gasteiger partial charge in [-0.1, -0.05) is 6.92 Å². The first-order chi connectivity index (χ1) is 7.56. The molecule has 3 nitrogen and oxygen atoms in total. The average Bonchev–Trinajstić information content (AvgIpc) is 2.25. The van der Waals surface area contributed by atoms with Crippen molar-refractivity contribution in [2.24, 2.45) is 0 Å². The van der Waals surface area contributed by atoms with Crippen LogP contribution in [0.4, 0.5) is 4.39 Å². The minimum atomic E-state index is -0.567. The quantitative estimate of drug-likeness (QED) is 0.736. The molecule has 0 fully saturated rings. The van der Waals surface area contributed by atoms with E-state index < -0.39 is 5.95 Å². The summed E-state index contributed by atoms with van der Waals surface area (Å²) in [6, 6.07) is 2.81. The van der Waals surface area contributed by atoms with Crippen molar-refractivity contribution in [2.75, 3.05) is 6.54 Å². The second kappa shape index (κ2) is 5.58. The highest BCUT2D eigenvalue weighted by Gasteiger charge is 2.17. The van der Waals surface area contributed by atoms with Gasteiger partial charge in [0.25, 0.3) is 5.91 Å². The predicted molar refractivity (Wildman–Crippen MR) is 60.7 cm³/mol. The number of halogens is 1. The highest BCUT2D eigenvalue weighted by Crippen LogP contribution is 2.08. The lowest BCUT2D eigenvalue weighted by Gasteiger charge is -2.26. The predicted octanol–water partition coefficient (Wildman–Crippen LogP) is 2.48. The summed E-state index contributed by atoms with van der Waals surface area (Å²) in [5.74, 6) is -0.660. The Bertz CT molecular complexity index is 349. The molecule has 0 aromatic carbocycles. The van der Waals surface area contributed by atoms with Gasteiger partial charge in [0.1, 0.15) is 0 Å². The van der Waals surface area contributed by atoms with Crippen LogP contribution in [-0.4, -0.2) is 28.4 Å². The summed E-state index contributed by atoms with van der Waals surface area (Å²) in [5, 5.41) is 0. The van der Waals surface area contributed by atoms with Crippen LogP contribution in [0.1, 0.15) is 37.6 Å². The Morgan fingerprint density at radius 1 is 1.50 bits per heavy atom. The maximum atomic E-state index is 12.6. The Labute approximate surface area is 95.3 Å². The van der Waals surface area contributed by atoms with Crippen molar-refractivity contribution in [3.05, 3.63) is 29.8 Å². The molecule has 4 heteroatoms. The van der Waals surface area contributed by atoms with Crippen LogP contribution in [0.15, 0.2) is 18.3 Å². The van der Waals surface area contributed by atoms with Gasteiger partial charge in [0.05, 0.1) is 5.56 Å². The fourth-order valence-corrected chi connectivity index (χ4v) is 1.50. The molecule has 88 valence electrons. The van der Waals surface area contributed by atoms with Crippen LogP contribution in [0.25, 0.3) is 0 Å². The van der Waals surface area contributed by atoms with Crippen LogP contribution in [0.5, 0.6) is 0 Å². The summed E-state index contributed by atoms with van der Waals surface area (Å²) in [5.41, 5.74) is 0.434. The summed E-state index contributed by atoms with van der Waals surface area (Å²) in [6.45, 7) is 6.65. The number of hydrogen-bond donors (Lipinski definition) is 0. The fourth-order valence-electron chi connectivity index (χ4n) is 1.50. The normalized spacial score (nSPS) is 10.6. The van der Waals surface area contributed by atoms with E-state index in [-0.39, 0.29) is 11.9 Å². The van der Waals surface area contributed by atoms with Gasteiger partial charge in [-0.3, -0.25) is 4.79 Å². The molecule has 1 rings (SSSR count). The van der Waals surface area contributed by atoms with Crippen molar-refractivity contribution in [2.45, 2.75) is 33.2 Å². The average molecular weight is 224 g/mol. The molecule has 0 atom stereocenters. The minimum Gasteiger partial charge on any atom is -0.336 e. The van der Waals surface area contributed by atoms with E-state index in [1.807, 2.05) is 20.8 Å². The number of amides is 1. The van der Waals surface area contributed by atoms with Crippen LogP contribution in [-0.2, 0) is 0 Å². The van der Waals surface area contributed by atoms with Gasteiger partial charge in [0.15, 0.2) is 0 Å². The SMILES string of the molecule is CCCN(C(=O)c1ccc(F)nc1)C(C)C. The Morgan fingerprint density at radius 3 is 2.62 bits per heavy atom. The second-order valence-corrected chi connectivity index (χ2v) is 3.96. The monoisotopic (exact) mass is 224 g/mol. The van der Waals surface area contributed by atoms with Crippen molar-refractivity contribution in [1.82, 2.24) is 9.88 Å². The number of rotatable bonds is 4. The molecule has 0 radical (unpaired) electrons. The fraction of sp³-hybridized carbons (Fsp3) is 0.500. The summed E-state index contributed by atoms with van der Waals surface area (Å²) >= 11 is 0. The topological polar surface area (TPSA) is 33.2 Å². The van der Waals surface area contributed by atoms with Gasteiger partial charge >= 0.3 is 0 Å². The number of pyridine rings is 1. The molecule has 1 aromatic rings. The van der Waals surface area contributed by atoms with E-state index in [0.29, 0.717) is 12.1 Å². The summed E-state index contributed by atoms with van der Waals surface area (Å²) < 4.78 is 12.6. The summed E-state index contributed by atoms with van der Waals surface area (Å²) in [7, 11) is 0. The van der Waals surface area contributed by atoms with Crippen LogP contribution in [0.2, 0.25) is 0 Å². The highest BCUT2D eigenvalue weighted by atomic mass is 19.1. The van der Waals surface area contributed by atoms with Gasteiger partial charge < -0.3 is 4.90 Å². The molecule has 0 aliphatic carbocycles. The van der Waals surface area contributed by atoms with Crippen molar-refractivity contribution >= 4 is 5.91 Å². The van der Waals surface area contributed by atoms with Gasteiger partial charge in [-0.2, -0.15) is 4.39 Å². The first kappa shape index (κ1) is 12.6. The third kappa shape index (κ3) is 3.02. The van der Waals surface area contributed by atoms with Crippen molar-refractivity contribution in [3.63, 3.8) is 0 Å². The lowest BCUT2D eigenvalue weighted by molar-refractivity contribution is 0.0705. The maximum absolute atomic E-state index is 12.6.